The Morgan fingerprint density at radius 1 is 1.35 bits per heavy atom. The Morgan fingerprint density at radius 3 is 2.91 bits per heavy atom. The van der Waals surface area contributed by atoms with E-state index in [1.54, 1.807) is 7.11 Å². The summed E-state index contributed by atoms with van der Waals surface area (Å²) < 4.78 is 11.4. The van der Waals surface area contributed by atoms with Crippen molar-refractivity contribution in [1.82, 2.24) is 10.2 Å². The van der Waals surface area contributed by atoms with Crippen molar-refractivity contribution in [1.29, 1.82) is 0 Å². The summed E-state index contributed by atoms with van der Waals surface area (Å²) in [5, 5.41) is 3.48. The normalized spacial score (nSPS) is 24.2. The quantitative estimate of drug-likeness (QED) is 0.838. The molecular formula is C19H30N2O2. The molecule has 23 heavy (non-hydrogen) atoms. The number of hydrogen-bond donors (Lipinski definition) is 1. The van der Waals surface area contributed by atoms with Crippen LogP contribution in [0.1, 0.15) is 31.7 Å². The molecule has 1 N–H and O–H groups in total. The molecular weight excluding hydrogens is 288 g/mol. The van der Waals surface area contributed by atoms with Gasteiger partial charge in [0.05, 0.1) is 13.2 Å². The molecule has 1 heterocycles. The molecule has 0 aromatic heterocycles. The van der Waals surface area contributed by atoms with E-state index in [2.05, 4.69) is 41.4 Å². The van der Waals surface area contributed by atoms with Gasteiger partial charge in [-0.2, -0.15) is 0 Å². The molecule has 1 aromatic rings. The summed E-state index contributed by atoms with van der Waals surface area (Å²) in [5.74, 6) is 0.971. The van der Waals surface area contributed by atoms with Crippen LogP contribution in [0.2, 0.25) is 0 Å². The molecule has 3 rings (SSSR count). The van der Waals surface area contributed by atoms with Crippen LogP contribution in [0.25, 0.3) is 0 Å². The third-order valence-electron chi connectivity index (χ3n) is 5.35. The number of methoxy groups -OCH3 is 1. The lowest BCUT2D eigenvalue weighted by atomic mass is 9.68. The summed E-state index contributed by atoms with van der Waals surface area (Å²) in [6.45, 7) is 8.35. The van der Waals surface area contributed by atoms with Crippen molar-refractivity contribution in [3.8, 4) is 5.75 Å². The van der Waals surface area contributed by atoms with Crippen LogP contribution in [0, 0.1) is 5.41 Å². The third kappa shape index (κ3) is 4.25. The lowest BCUT2D eigenvalue weighted by molar-refractivity contribution is 0.000777. The van der Waals surface area contributed by atoms with Gasteiger partial charge in [-0.05, 0) is 37.5 Å². The number of nitrogens with one attached hydrogen (secondary N) is 1. The van der Waals surface area contributed by atoms with Crippen LogP contribution in [0.3, 0.4) is 0 Å². The number of hydrogen-bond acceptors (Lipinski definition) is 4. The molecule has 1 atom stereocenters. The van der Waals surface area contributed by atoms with E-state index in [-0.39, 0.29) is 0 Å². The molecule has 1 aromatic carbocycles. The number of rotatable bonds is 7. The fraction of sp³-hybridized carbons (Fsp3) is 0.684. The topological polar surface area (TPSA) is 33.7 Å². The highest BCUT2D eigenvalue weighted by atomic mass is 16.5. The minimum atomic E-state index is 0.350. The van der Waals surface area contributed by atoms with E-state index in [4.69, 9.17) is 9.47 Å². The van der Waals surface area contributed by atoms with Gasteiger partial charge in [-0.25, -0.2) is 0 Å². The largest absolute Gasteiger partial charge is 0.493 e. The van der Waals surface area contributed by atoms with Gasteiger partial charge in [0.2, 0.25) is 0 Å². The average Bonchev–Trinajstić information content (AvgIpc) is 2.52. The lowest BCUT2D eigenvalue weighted by Gasteiger charge is -2.47. The molecule has 0 bridgehead atoms. The lowest BCUT2D eigenvalue weighted by Crippen LogP contribution is -2.55. The van der Waals surface area contributed by atoms with Crippen molar-refractivity contribution in [2.75, 3.05) is 39.9 Å². The first-order valence-corrected chi connectivity index (χ1v) is 8.86. The molecule has 1 saturated heterocycles. The van der Waals surface area contributed by atoms with Crippen LogP contribution in [-0.4, -0.2) is 50.8 Å². The fourth-order valence-corrected chi connectivity index (χ4v) is 3.70. The second-order valence-electron chi connectivity index (χ2n) is 7.25. The minimum absolute atomic E-state index is 0.350. The first-order valence-electron chi connectivity index (χ1n) is 8.86. The smallest absolute Gasteiger partial charge is 0.119 e. The Balaban J connectivity index is 1.57. The van der Waals surface area contributed by atoms with E-state index in [1.807, 2.05) is 0 Å². The van der Waals surface area contributed by atoms with Crippen LogP contribution in [-0.2, 0) is 11.3 Å². The molecule has 4 nitrogen and oxygen atoms in total. The molecule has 1 aliphatic carbocycles. The van der Waals surface area contributed by atoms with Crippen LogP contribution < -0.4 is 10.1 Å². The van der Waals surface area contributed by atoms with Gasteiger partial charge in [-0.1, -0.05) is 18.6 Å². The Kier molecular flexibility index (Phi) is 5.57. The monoisotopic (exact) mass is 318 g/mol. The summed E-state index contributed by atoms with van der Waals surface area (Å²) >= 11 is 0. The van der Waals surface area contributed by atoms with E-state index >= 15 is 0 Å². The van der Waals surface area contributed by atoms with Crippen LogP contribution >= 0.6 is 0 Å². The van der Waals surface area contributed by atoms with Gasteiger partial charge >= 0.3 is 0 Å². The third-order valence-corrected chi connectivity index (χ3v) is 5.35. The average molecular weight is 318 g/mol. The Hall–Kier alpha value is -1.10. The standard InChI is InChI=1S/C19H30N2O2/c1-16-12-20-9-10-21(16)14-19(7-4-8-19)15-23-18-6-3-5-17(11-18)13-22-2/h3,5-6,11,16,20H,4,7-10,12-15H2,1-2H3/t16-/m0/s1. The molecule has 2 fully saturated rings. The van der Waals surface area contributed by atoms with Gasteiger partial charge in [-0.3, -0.25) is 4.90 Å². The van der Waals surface area contributed by atoms with E-state index in [9.17, 15) is 0 Å². The maximum absolute atomic E-state index is 6.18. The zero-order valence-corrected chi connectivity index (χ0v) is 14.5. The minimum Gasteiger partial charge on any atom is -0.493 e. The number of benzene rings is 1. The second-order valence-corrected chi connectivity index (χ2v) is 7.25. The van der Waals surface area contributed by atoms with Crippen molar-refractivity contribution in [2.45, 2.75) is 38.8 Å². The highest BCUT2D eigenvalue weighted by Gasteiger charge is 2.40. The first kappa shape index (κ1) is 16.7. The van der Waals surface area contributed by atoms with Gasteiger partial charge in [0, 0.05) is 44.7 Å². The molecule has 0 radical (unpaired) electrons. The van der Waals surface area contributed by atoms with E-state index in [0.29, 0.717) is 18.1 Å². The fourth-order valence-electron chi connectivity index (χ4n) is 3.70. The zero-order chi connectivity index (χ0) is 16.1. The molecule has 0 spiro atoms. The Labute approximate surface area is 140 Å². The zero-order valence-electron chi connectivity index (χ0n) is 14.5. The molecule has 1 aliphatic heterocycles. The van der Waals surface area contributed by atoms with E-state index < -0.39 is 0 Å². The second kappa shape index (κ2) is 7.65. The first-order chi connectivity index (χ1) is 11.2. The van der Waals surface area contributed by atoms with E-state index in [1.165, 1.54) is 31.4 Å². The van der Waals surface area contributed by atoms with Crippen molar-refractivity contribution in [3.05, 3.63) is 29.8 Å². The molecule has 4 heteroatoms. The Bertz CT molecular complexity index is 502. The summed E-state index contributed by atoms with van der Waals surface area (Å²) in [6, 6.07) is 8.92. The molecule has 128 valence electrons. The summed E-state index contributed by atoms with van der Waals surface area (Å²) in [7, 11) is 1.73. The van der Waals surface area contributed by atoms with Crippen molar-refractivity contribution in [3.63, 3.8) is 0 Å². The van der Waals surface area contributed by atoms with Gasteiger partial charge < -0.3 is 14.8 Å². The van der Waals surface area contributed by atoms with Crippen LogP contribution in [0.5, 0.6) is 5.75 Å². The molecule has 0 amide bonds. The number of nitrogens with zero attached hydrogens (tertiary/aromatic N) is 1. The van der Waals surface area contributed by atoms with Crippen LogP contribution in [0.4, 0.5) is 0 Å². The maximum Gasteiger partial charge on any atom is 0.119 e. The summed E-state index contributed by atoms with van der Waals surface area (Å²) in [6.07, 6.45) is 3.93. The summed E-state index contributed by atoms with van der Waals surface area (Å²) in [4.78, 5) is 2.64. The highest BCUT2D eigenvalue weighted by molar-refractivity contribution is 5.28. The predicted molar refractivity (Wildman–Crippen MR) is 92.8 cm³/mol. The predicted octanol–water partition coefficient (Wildman–Crippen LogP) is 2.68. The SMILES string of the molecule is COCc1cccc(OCC2(CN3CCNC[C@@H]3C)CCC2)c1. The van der Waals surface area contributed by atoms with Gasteiger partial charge in [-0.15, -0.1) is 0 Å². The van der Waals surface area contributed by atoms with Crippen molar-refractivity contribution in [2.24, 2.45) is 5.41 Å². The van der Waals surface area contributed by atoms with E-state index in [0.717, 1.165) is 32.0 Å². The number of ether oxygens (including phenoxy) is 2. The number of piperazine rings is 1. The molecule has 2 aliphatic rings. The van der Waals surface area contributed by atoms with Crippen molar-refractivity contribution < 1.29 is 9.47 Å². The highest BCUT2D eigenvalue weighted by Crippen LogP contribution is 2.42. The van der Waals surface area contributed by atoms with Gasteiger partial charge in [0.1, 0.15) is 5.75 Å². The molecule has 1 saturated carbocycles. The summed E-state index contributed by atoms with van der Waals surface area (Å²) in [5.41, 5.74) is 1.52. The Morgan fingerprint density at radius 2 is 2.22 bits per heavy atom. The van der Waals surface area contributed by atoms with Gasteiger partial charge in [0.25, 0.3) is 0 Å². The van der Waals surface area contributed by atoms with Crippen LogP contribution in [0.15, 0.2) is 24.3 Å². The molecule has 0 unspecified atom stereocenters. The maximum atomic E-state index is 6.18. The van der Waals surface area contributed by atoms with Gasteiger partial charge in [0.15, 0.2) is 0 Å². The van der Waals surface area contributed by atoms with Crippen molar-refractivity contribution >= 4 is 0 Å².